The van der Waals surface area contributed by atoms with E-state index in [1.54, 1.807) is 0 Å². The molecule has 98 valence electrons. The number of hydrogen-bond acceptors (Lipinski definition) is 2. The molecule has 0 spiro atoms. The van der Waals surface area contributed by atoms with Gasteiger partial charge in [-0.2, -0.15) is 5.10 Å². The second kappa shape index (κ2) is 4.30. The summed E-state index contributed by atoms with van der Waals surface area (Å²) in [6, 6.07) is 9.26. The Morgan fingerprint density at radius 3 is 2.74 bits per heavy atom. The maximum Gasteiger partial charge on any atom is 0.195 e. The first kappa shape index (κ1) is 11.4. The highest BCUT2D eigenvalue weighted by molar-refractivity contribution is 7.71. The highest BCUT2D eigenvalue weighted by atomic mass is 32.1. The number of nitrogens with zero attached hydrogens (tertiary/aromatic N) is 2. The van der Waals surface area contributed by atoms with Crippen LogP contribution in [-0.4, -0.2) is 14.8 Å². The van der Waals surface area contributed by atoms with Crippen molar-refractivity contribution < 1.29 is 0 Å². The monoisotopic (exact) mass is 271 g/mol. The van der Waals surface area contributed by atoms with Crippen LogP contribution in [0.5, 0.6) is 0 Å². The van der Waals surface area contributed by atoms with Gasteiger partial charge in [0.05, 0.1) is 0 Å². The molecule has 4 rings (SSSR count). The fraction of sp³-hybridized carbons (Fsp3) is 0.467. The third-order valence-electron chi connectivity index (χ3n) is 4.36. The Kier molecular flexibility index (Phi) is 2.58. The number of fused-ring (bicyclic) bond motifs is 1. The second-order valence-corrected chi connectivity index (χ2v) is 6.08. The lowest BCUT2D eigenvalue weighted by Crippen LogP contribution is -2.20. The zero-order valence-electron chi connectivity index (χ0n) is 10.8. The van der Waals surface area contributed by atoms with Crippen LogP contribution in [0.25, 0.3) is 0 Å². The van der Waals surface area contributed by atoms with E-state index in [2.05, 4.69) is 39.0 Å². The van der Waals surface area contributed by atoms with E-state index in [1.165, 1.54) is 36.2 Å². The number of nitrogens with one attached hydrogen (secondary N) is 1. The quantitative estimate of drug-likeness (QED) is 0.847. The number of hydrogen-bond donors (Lipinski definition) is 1. The van der Waals surface area contributed by atoms with Gasteiger partial charge < -0.3 is 4.57 Å². The minimum absolute atomic E-state index is 0.483. The summed E-state index contributed by atoms with van der Waals surface area (Å²) in [4.78, 5) is 0. The van der Waals surface area contributed by atoms with Crippen LogP contribution in [0.1, 0.15) is 48.2 Å². The van der Waals surface area contributed by atoms with E-state index in [-0.39, 0.29) is 0 Å². The highest BCUT2D eigenvalue weighted by Gasteiger charge is 2.32. The second-order valence-electron chi connectivity index (χ2n) is 5.70. The summed E-state index contributed by atoms with van der Waals surface area (Å²) in [5, 5.41) is 7.45. The molecule has 1 unspecified atom stereocenters. The molecule has 0 saturated heterocycles. The lowest BCUT2D eigenvalue weighted by Gasteiger charge is -2.26. The zero-order valence-corrected chi connectivity index (χ0v) is 11.6. The van der Waals surface area contributed by atoms with Crippen molar-refractivity contribution >= 4 is 12.2 Å². The lowest BCUT2D eigenvalue weighted by molar-refractivity contribution is 0.424. The van der Waals surface area contributed by atoms with Crippen LogP contribution < -0.4 is 0 Å². The van der Waals surface area contributed by atoms with Gasteiger partial charge in [0.1, 0.15) is 5.82 Å². The van der Waals surface area contributed by atoms with E-state index in [4.69, 9.17) is 12.2 Å². The molecule has 1 aromatic heterocycles. The third-order valence-corrected chi connectivity index (χ3v) is 4.65. The average molecular weight is 271 g/mol. The summed E-state index contributed by atoms with van der Waals surface area (Å²) in [5.74, 6) is 1.83. The Labute approximate surface area is 117 Å². The number of aromatic nitrogens is 3. The van der Waals surface area contributed by atoms with E-state index < -0.39 is 0 Å². The largest absolute Gasteiger partial charge is 0.300 e. The van der Waals surface area contributed by atoms with Crippen molar-refractivity contribution in [3.8, 4) is 0 Å². The average Bonchev–Trinajstić information content (AvgIpc) is 3.21. The Morgan fingerprint density at radius 1 is 1.16 bits per heavy atom. The van der Waals surface area contributed by atoms with Crippen LogP contribution in [0, 0.1) is 4.77 Å². The molecule has 19 heavy (non-hydrogen) atoms. The lowest BCUT2D eigenvalue weighted by atomic mass is 9.88. The van der Waals surface area contributed by atoms with Gasteiger partial charge in [-0.15, -0.1) is 0 Å². The molecule has 4 heteroatoms. The topological polar surface area (TPSA) is 33.6 Å². The Bertz CT molecular complexity index is 666. The van der Waals surface area contributed by atoms with E-state index in [0.29, 0.717) is 12.0 Å². The van der Waals surface area contributed by atoms with Crippen LogP contribution in [0.4, 0.5) is 0 Å². The molecule has 1 saturated carbocycles. The fourth-order valence-electron chi connectivity index (χ4n) is 3.20. The van der Waals surface area contributed by atoms with E-state index in [1.807, 2.05) is 0 Å². The van der Waals surface area contributed by atoms with Crippen LogP contribution in [0.2, 0.25) is 0 Å². The number of aromatic amines is 1. The molecule has 2 aromatic rings. The van der Waals surface area contributed by atoms with E-state index >= 15 is 0 Å². The molecule has 1 heterocycles. The normalized spacial score (nSPS) is 22.2. The van der Waals surface area contributed by atoms with Gasteiger partial charge in [0, 0.05) is 12.0 Å². The Morgan fingerprint density at radius 2 is 1.95 bits per heavy atom. The molecule has 1 atom stereocenters. The molecule has 0 bridgehead atoms. The third kappa shape index (κ3) is 1.94. The molecule has 0 aliphatic heterocycles. The van der Waals surface area contributed by atoms with Gasteiger partial charge in [-0.3, -0.25) is 5.10 Å². The number of H-pyrrole nitrogens is 1. The van der Waals surface area contributed by atoms with Gasteiger partial charge in [-0.25, -0.2) is 0 Å². The van der Waals surface area contributed by atoms with Crippen LogP contribution in [-0.2, 0) is 12.8 Å². The van der Waals surface area contributed by atoms with Crippen molar-refractivity contribution in [3.05, 3.63) is 46.0 Å². The van der Waals surface area contributed by atoms with Crippen LogP contribution in [0.15, 0.2) is 24.3 Å². The first-order valence-electron chi connectivity index (χ1n) is 7.06. The molecule has 2 aliphatic rings. The first-order valence-corrected chi connectivity index (χ1v) is 7.47. The standard InChI is InChI=1S/C15H17N3S/c19-15-17-16-14(11-5-6-11)18(15)13-8-7-10-3-1-2-4-12(10)9-13/h1-4,11,13H,5-9H2,(H,17,19). The molecule has 1 aromatic carbocycles. The molecule has 2 aliphatic carbocycles. The molecular formula is C15H17N3S. The Hall–Kier alpha value is -1.42. The molecule has 0 radical (unpaired) electrons. The minimum atomic E-state index is 0.483. The SMILES string of the molecule is S=c1[nH]nc(C2CC2)n1C1CCc2ccccc2C1. The van der Waals surface area contributed by atoms with Crippen molar-refractivity contribution in [3.63, 3.8) is 0 Å². The molecule has 3 nitrogen and oxygen atoms in total. The molecule has 1 N–H and O–H groups in total. The van der Waals surface area contributed by atoms with E-state index in [0.717, 1.165) is 17.6 Å². The van der Waals surface area contributed by atoms with Gasteiger partial charge in [-0.1, -0.05) is 24.3 Å². The van der Waals surface area contributed by atoms with Gasteiger partial charge >= 0.3 is 0 Å². The van der Waals surface area contributed by atoms with Crippen molar-refractivity contribution in [1.82, 2.24) is 14.8 Å². The van der Waals surface area contributed by atoms with E-state index in [9.17, 15) is 0 Å². The number of benzene rings is 1. The smallest absolute Gasteiger partial charge is 0.195 e. The number of rotatable bonds is 2. The molecular weight excluding hydrogens is 254 g/mol. The minimum Gasteiger partial charge on any atom is -0.300 e. The predicted octanol–water partition coefficient (Wildman–Crippen LogP) is 3.55. The summed E-state index contributed by atoms with van der Waals surface area (Å²) >= 11 is 5.44. The summed E-state index contributed by atoms with van der Waals surface area (Å²) in [5.41, 5.74) is 2.98. The molecule has 1 fully saturated rings. The van der Waals surface area contributed by atoms with Gasteiger partial charge in [0.15, 0.2) is 4.77 Å². The summed E-state index contributed by atoms with van der Waals surface area (Å²) < 4.78 is 3.09. The summed E-state index contributed by atoms with van der Waals surface area (Å²) in [6.07, 6.45) is 5.94. The number of aryl methyl sites for hydroxylation is 1. The van der Waals surface area contributed by atoms with Gasteiger partial charge in [0.25, 0.3) is 0 Å². The predicted molar refractivity (Wildman–Crippen MR) is 76.9 cm³/mol. The van der Waals surface area contributed by atoms with Crippen LogP contribution >= 0.6 is 12.2 Å². The molecule has 0 amide bonds. The van der Waals surface area contributed by atoms with Gasteiger partial charge in [-0.05, 0) is 55.4 Å². The first-order chi connectivity index (χ1) is 9.33. The van der Waals surface area contributed by atoms with Crippen molar-refractivity contribution in [2.24, 2.45) is 0 Å². The maximum atomic E-state index is 5.44. The summed E-state index contributed by atoms with van der Waals surface area (Å²) in [7, 11) is 0. The maximum absolute atomic E-state index is 5.44. The summed E-state index contributed by atoms with van der Waals surface area (Å²) in [6.45, 7) is 0. The van der Waals surface area contributed by atoms with Crippen molar-refractivity contribution in [2.45, 2.75) is 44.1 Å². The Balaban J connectivity index is 1.71. The zero-order chi connectivity index (χ0) is 12.8. The van der Waals surface area contributed by atoms with Crippen LogP contribution in [0.3, 0.4) is 0 Å². The highest BCUT2D eigenvalue weighted by Crippen LogP contribution is 2.41. The van der Waals surface area contributed by atoms with Gasteiger partial charge in [0.2, 0.25) is 0 Å². The van der Waals surface area contributed by atoms with Crippen molar-refractivity contribution in [1.29, 1.82) is 0 Å². The fourth-order valence-corrected chi connectivity index (χ4v) is 3.49. The van der Waals surface area contributed by atoms with Crippen molar-refractivity contribution in [2.75, 3.05) is 0 Å².